The summed E-state index contributed by atoms with van der Waals surface area (Å²) in [5.74, 6) is -0.873. The van der Waals surface area contributed by atoms with E-state index in [9.17, 15) is 14.7 Å². The number of carboxylic acid groups (broad SMARTS) is 1. The lowest BCUT2D eigenvalue weighted by Gasteiger charge is -2.38. The Labute approximate surface area is 120 Å². The number of rotatable bonds is 5. The number of nitrogens with one attached hydrogen (secondary N) is 2. The number of amides is 1. The van der Waals surface area contributed by atoms with Crippen molar-refractivity contribution in [3.63, 3.8) is 0 Å². The van der Waals surface area contributed by atoms with Crippen molar-refractivity contribution < 1.29 is 14.7 Å². The number of carbonyl (C=O) groups excluding carboxylic acids is 1. The molecule has 2 rings (SSSR count). The Morgan fingerprint density at radius 3 is 2.45 bits per heavy atom. The summed E-state index contributed by atoms with van der Waals surface area (Å²) in [7, 11) is 0. The van der Waals surface area contributed by atoms with Crippen LogP contribution in [0.5, 0.6) is 0 Å². The Bertz CT molecular complexity index is 366. The van der Waals surface area contributed by atoms with Crippen LogP contribution in [0.25, 0.3) is 0 Å². The highest BCUT2D eigenvalue weighted by Crippen LogP contribution is 2.36. The van der Waals surface area contributed by atoms with Gasteiger partial charge in [-0.25, -0.2) is 0 Å². The van der Waals surface area contributed by atoms with Crippen LogP contribution >= 0.6 is 0 Å². The van der Waals surface area contributed by atoms with E-state index in [-0.39, 0.29) is 11.9 Å². The second-order valence-electron chi connectivity index (χ2n) is 6.45. The van der Waals surface area contributed by atoms with Gasteiger partial charge in [-0.2, -0.15) is 0 Å². The first-order valence-electron chi connectivity index (χ1n) is 7.78. The van der Waals surface area contributed by atoms with Gasteiger partial charge in [-0.05, 0) is 32.6 Å². The first kappa shape index (κ1) is 15.3. The molecule has 0 heterocycles. The molecule has 2 fully saturated rings. The van der Waals surface area contributed by atoms with Crippen LogP contribution in [-0.2, 0) is 9.59 Å². The Morgan fingerprint density at radius 2 is 1.80 bits per heavy atom. The lowest BCUT2D eigenvalue weighted by molar-refractivity contribution is -0.152. The van der Waals surface area contributed by atoms with Gasteiger partial charge in [-0.3, -0.25) is 9.59 Å². The quantitative estimate of drug-likeness (QED) is 0.716. The highest BCUT2D eigenvalue weighted by atomic mass is 16.4. The molecular formula is C15H26N2O3. The monoisotopic (exact) mass is 282 g/mol. The zero-order chi connectivity index (χ0) is 14.6. The molecule has 3 N–H and O–H groups in total. The maximum Gasteiger partial charge on any atom is 0.311 e. The minimum Gasteiger partial charge on any atom is -0.481 e. The molecule has 114 valence electrons. The molecule has 0 aromatic carbocycles. The number of hydrogen-bond donors (Lipinski definition) is 3. The highest BCUT2D eigenvalue weighted by Gasteiger charge is 2.43. The standard InChI is InChI=1S/C15H26N2O3/c1-15(14(19)20)9-5-4-8-12(15)17-13(18)10-16-11-6-2-3-7-11/h11-12,16H,2-10H2,1H3,(H,17,18)(H,19,20). The first-order valence-corrected chi connectivity index (χ1v) is 7.78. The van der Waals surface area contributed by atoms with Crippen LogP contribution in [-0.4, -0.2) is 35.6 Å². The van der Waals surface area contributed by atoms with Crippen molar-refractivity contribution in [2.45, 2.75) is 70.4 Å². The third-order valence-electron chi connectivity index (χ3n) is 4.94. The SMILES string of the molecule is CC1(C(=O)O)CCCCC1NC(=O)CNC1CCCC1. The number of hydrogen-bond acceptors (Lipinski definition) is 3. The fourth-order valence-corrected chi connectivity index (χ4v) is 3.43. The molecule has 5 heteroatoms. The van der Waals surface area contributed by atoms with E-state index in [0.29, 0.717) is 19.0 Å². The van der Waals surface area contributed by atoms with Crippen molar-refractivity contribution in [3.8, 4) is 0 Å². The van der Waals surface area contributed by atoms with Gasteiger partial charge in [0.2, 0.25) is 5.91 Å². The second-order valence-corrected chi connectivity index (χ2v) is 6.45. The predicted octanol–water partition coefficient (Wildman–Crippen LogP) is 1.67. The molecule has 1 amide bonds. The van der Waals surface area contributed by atoms with Gasteiger partial charge < -0.3 is 15.7 Å². The highest BCUT2D eigenvalue weighted by molar-refractivity contribution is 5.81. The second kappa shape index (κ2) is 6.57. The Kier molecular flexibility index (Phi) is 5.02. The van der Waals surface area contributed by atoms with Gasteiger partial charge in [0.15, 0.2) is 0 Å². The van der Waals surface area contributed by atoms with Gasteiger partial charge in [0.1, 0.15) is 0 Å². The number of carboxylic acids is 1. The molecule has 2 saturated carbocycles. The fraction of sp³-hybridized carbons (Fsp3) is 0.867. The van der Waals surface area contributed by atoms with E-state index in [1.54, 1.807) is 6.92 Å². The predicted molar refractivity (Wildman–Crippen MR) is 76.4 cm³/mol. The van der Waals surface area contributed by atoms with Gasteiger partial charge in [0.25, 0.3) is 0 Å². The van der Waals surface area contributed by atoms with Crippen molar-refractivity contribution in [1.82, 2.24) is 10.6 Å². The van der Waals surface area contributed by atoms with E-state index in [1.807, 2.05) is 0 Å². The number of carbonyl (C=O) groups is 2. The van der Waals surface area contributed by atoms with E-state index in [0.717, 1.165) is 32.1 Å². The summed E-state index contributed by atoms with van der Waals surface area (Å²) >= 11 is 0. The lowest BCUT2D eigenvalue weighted by Crippen LogP contribution is -2.54. The normalized spacial score (nSPS) is 31.1. The summed E-state index contributed by atoms with van der Waals surface area (Å²) in [5, 5.41) is 15.6. The average Bonchev–Trinajstić information content (AvgIpc) is 2.92. The van der Waals surface area contributed by atoms with E-state index >= 15 is 0 Å². The van der Waals surface area contributed by atoms with Crippen molar-refractivity contribution in [2.24, 2.45) is 5.41 Å². The summed E-state index contributed by atoms with van der Waals surface area (Å²) in [4.78, 5) is 23.5. The maximum atomic E-state index is 12.0. The topological polar surface area (TPSA) is 78.4 Å². The molecule has 0 radical (unpaired) electrons. The molecule has 0 spiro atoms. The van der Waals surface area contributed by atoms with E-state index in [1.165, 1.54) is 12.8 Å². The molecular weight excluding hydrogens is 256 g/mol. The van der Waals surface area contributed by atoms with Crippen LogP contribution in [0, 0.1) is 5.41 Å². The molecule has 0 aromatic rings. The molecule has 2 aliphatic carbocycles. The molecule has 2 atom stereocenters. The van der Waals surface area contributed by atoms with Crippen molar-refractivity contribution in [3.05, 3.63) is 0 Å². The summed E-state index contributed by atoms with van der Waals surface area (Å²) in [6, 6.07) is 0.213. The third kappa shape index (κ3) is 3.51. The molecule has 2 aliphatic rings. The fourth-order valence-electron chi connectivity index (χ4n) is 3.43. The zero-order valence-electron chi connectivity index (χ0n) is 12.3. The molecule has 0 aliphatic heterocycles. The Balaban J connectivity index is 1.83. The number of aliphatic carboxylic acids is 1. The maximum absolute atomic E-state index is 12.0. The van der Waals surface area contributed by atoms with Gasteiger partial charge >= 0.3 is 5.97 Å². The van der Waals surface area contributed by atoms with Crippen LogP contribution in [0.2, 0.25) is 0 Å². The molecule has 20 heavy (non-hydrogen) atoms. The summed E-state index contributed by atoms with van der Waals surface area (Å²) in [6.45, 7) is 2.06. The smallest absolute Gasteiger partial charge is 0.311 e. The molecule has 0 bridgehead atoms. The van der Waals surface area contributed by atoms with Gasteiger partial charge in [-0.1, -0.05) is 25.7 Å². The summed E-state index contributed by atoms with van der Waals surface area (Å²) in [6.07, 6.45) is 8.08. The summed E-state index contributed by atoms with van der Waals surface area (Å²) < 4.78 is 0. The molecule has 0 aromatic heterocycles. The lowest BCUT2D eigenvalue weighted by atomic mass is 9.71. The van der Waals surface area contributed by atoms with Gasteiger partial charge in [-0.15, -0.1) is 0 Å². The minimum absolute atomic E-state index is 0.0729. The van der Waals surface area contributed by atoms with Gasteiger partial charge in [0, 0.05) is 12.1 Å². The van der Waals surface area contributed by atoms with Crippen LogP contribution in [0.15, 0.2) is 0 Å². The van der Waals surface area contributed by atoms with Crippen LogP contribution < -0.4 is 10.6 Å². The van der Waals surface area contributed by atoms with Crippen LogP contribution in [0.1, 0.15) is 58.3 Å². The largest absolute Gasteiger partial charge is 0.481 e. The van der Waals surface area contributed by atoms with Crippen molar-refractivity contribution in [1.29, 1.82) is 0 Å². The first-order chi connectivity index (χ1) is 9.52. The zero-order valence-corrected chi connectivity index (χ0v) is 12.3. The van der Waals surface area contributed by atoms with Crippen LogP contribution in [0.4, 0.5) is 0 Å². The van der Waals surface area contributed by atoms with E-state index in [2.05, 4.69) is 10.6 Å². The average molecular weight is 282 g/mol. The van der Waals surface area contributed by atoms with Crippen molar-refractivity contribution in [2.75, 3.05) is 6.54 Å². The molecule has 2 unspecified atom stereocenters. The molecule has 0 saturated heterocycles. The molecule has 5 nitrogen and oxygen atoms in total. The summed E-state index contributed by atoms with van der Waals surface area (Å²) in [5.41, 5.74) is -0.818. The third-order valence-corrected chi connectivity index (χ3v) is 4.94. The Hall–Kier alpha value is -1.10. The Morgan fingerprint density at radius 1 is 1.15 bits per heavy atom. The van der Waals surface area contributed by atoms with E-state index in [4.69, 9.17) is 0 Å². The van der Waals surface area contributed by atoms with Gasteiger partial charge in [0.05, 0.1) is 12.0 Å². The van der Waals surface area contributed by atoms with E-state index < -0.39 is 11.4 Å². The van der Waals surface area contributed by atoms with Crippen LogP contribution in [0.3, 0.4) is 0 Å². The minimum atomic E-state index is -0.818. The van der Waals surface area contributed by atoms with Crippen molar-refractivity contribution >= 4 is 11.9 Å².